The predicted octanol–water partition coefficient (Wildman–Crippen LogP) is 12.1. The van der Waals surface area contributed by atoms with Crippen molar-refractivity contribution < 1.29 is 19.1 Å². The maximum Gasteiger partial charge on any atom is 0.307 e. The summed E-state index contributed by atoms with van der Waals surface area (Å²) in [6.07, 6.45) is 41.3. The highest BCUT2D eigenvalue weighted by atomic mass is 16.5. The molecule has 0 fully saturated rings. The number of hydrogen-bond donors (Lipinski definition) is 0. The van der Waals surface area contributed by atoms with Gasteiger partial charge in [0.25, 0.3) is 0 Å². The van der Waals surface area contributed by atoms with Crippen molar-refractivity contribution in [2.45, 2.75) is 220 Å². The maximum absolute atomic E-state index is 12.6. The second-order valence-corrected chi connectivity index (χ2v) is 16.3. The van der Waals surface area contributed by atoms with Gasteiger partial charge in [0, 0.05) is 37.9 Å². The Morgan fingerprint density at radius 1 is 0.537 bits per heavy atom. The first-order valence-electron chi connectivity index (χ1n) is 23.1. The molecule has 0 spiro atoms. The normalized spacial score (nSPS) is 11.6. The largest absolute Gasteiger partial charge is 0.466 e. The van der Waals surface area contributed by atoms with Gasteiger partial charge in [0.05, 0.1) is 38.8 Å². The van der Waals surface area contributed by atoms with Crippen LogP contribution in [-0.2, 0) is 32.2 Å². The van der Waals surface area contributed by atoms with E-state index in [2.05, 4.69) is 49.0 Å². The topological polar surface area (TPSA) is 76.9 Å². The number of carbonyl (C=O) groups excluding carboxylic acids is 2. The summed E-state index contributed by atoms with van der Waals surface area (Å²) in [7, 11) is 4.12. The molecule has 1 aromatic heterocycles. The molecule has 0 aliphatic carbocycles. The zero-order chi connectivity index (χ0) is 39.2. The Kier molecular flexibility index (Phi) is 35.2. The minimum absolute atomic E-state index is 0.156. The van der Waals surface area contributed by atoms with E-state index in [0.29, 0.717) is 45.7 Å². The lowest BCUT2D eigenvalue weighted by Crippen LogP contribution is -2.29. The molecule has 0 saturated carbocycles. The lowest BCUT2D eigenvalue weighted by Gasteiger charge is -2.21. The van der Waals surface area contributed by atoms with Crippen molar-refractivity contribution in [3.8, 4) is 0 Å². The Balaban J connectivity index is 2.22. The molecule has 0 aliphatic rings. The molecule has 0 aliphatic heterocycles. The first kappa shape index (κ1) is 50.1. The summed E-state index contributed by atoms with van der Waals surface area (Å²) < 4.78 is 13.1. The molecule has 316 valence electrons. The lowest BCUT2D eigenvalue weighted by atomic mass is 10.0. The van der Waals surface area contributed by atoms with Gasteiger partial charge in [-0.05, 0) is 26.9 Å². The number of carbonyl (C=O) groups is 2. The average Bonchev–Trinajstić information content (AvgIpc) is 3.62. The van der Waals surface area contributed by atoms with Crippen molar-refractivity contribution in [3.05, 3.63) is 18.0 Å². The Labute approximate surface area is 334 Å². The molecule has 0 amide bonds. The SMILES string of the molecule is CCCCCCCCCCCCCCCCOC(=O)CCN(CCC(=O)OCCCCCCCCCCCCCCCC)Cc1cnn(CCN(C)C)c1. The molecule has 54 heavy (non-hydrogen) atoms. The first-order chi connectivity index (χ1) is 26.4. The molecule has 0 radical (unpaired) electrons. The smallest absolute Gasteiger partial charge is 0.307 e. The van der Waals surface area contributed by atoms with Crippen LogP contribution in [-0.4, -0.2) is 78.5 Å². The van der Waals surface area contributed by atoms with E-state index in [1.165, 1.54) is 154 Å². The van der Waals surface area contributed by atoms with Crippen molar-refractivity contribution in [2.24, 2.45) is 0 Å². The predicted molar refractivity (Wildman–Crippen MR) is 228 cm³/mol. The van der Waals surface area contributed by atoms with Crippen LogP contribution in [0.3, 0.4) is 0 Å². The molecule has 0 bridgehead atoms. The van der Waals surface area contributed by atoms with E-state index in [1.54, 1.807) is 0 Å². The van der Waals surface area contributed by atoms with Gasteiger partial charge in [0.2, 0.25) is 0 Å². The summed E-state index contributed by atoms with van der Waals surface area (Å²) in [6, 6.07) is 0. The molecule has 0 saturated heterocycles. The van der Waals surface area contributed by atoms with Crippen LogP contribution in [0.25, 0.3) is 0 Å². The highest BCUT2D eigenvalue weighted by Gasteiger charge is 2.14. The summed E-state index contributed by atoms with van der Waals surface area (Å²) in [5, 5.41) is 4.52. The van der Waals surface area contributed by atoms with E-state index in [9.17, 15) is 9.59 Å². The van der Waals surface area contributed by atoms with E-state index in [4.69, 9.17) is 9.47 Å². The highest BCUT2D eigenvalue weighted by Crippen LogP contribution is 2.15. The fourth-order valence-corrected chi connectivity index (χ4v) is 7.05. The molecule has 0 aromatic carbocycles. The number of aromatic nitrogens is 2. The van der Waals surface area contributed by atoms with Crippen LogP contribution in [0, 0.1) is 0 Å². The van der Waals surface area contributed by atoms with Crippen LogP contribution in [0.15, 0.2) is 12.4 Å². The summed E-state index contributed by atoms with van der Waals surface area (Å²) in [4.78, 5) is 29.6. The third kappa shape index (κ3) is 33.4. The second kappa shape index (κ2) is 38.0. The van der Waals surface area contributed by atoms with E-state index >= 15 is 0 Å². The van der Waals surface area contributed by atoms with Gasteiger partial charge < -0.3 is 14.4 Å². The number of hydrogen-bond acceptors (Lipinski definition) is 7. The molecular formula is C46H88N4O4. The number of unbranched alkanes of at least 4 members (excludes halogenated alkanes) is 26. The van der Waals surface area contributed by atoms with Crippen molar-refractivity contribution in [2.75, 3.05) is 46.9 Å². The van der Waals surface area contributed by atoms with Gasteiger partial charge in [-0.1, -0.05) is 181 Å². The maximum atomic E-state index is 12.6. The van der Waals surface area contributed by atoms with Gasteiger partial charge in [-0.15, -0.1) is 0 Å². The molecule has 1 heterocycles. The highest BCUT2D eigenvalue weighted by molar-refractivity contribution is 5.70. The third-order valence-electron chi connectivity index (χ3n) is 10.7. The van der Waals surface area contributed by atoms with Crippen LogP contribution >= 0.6 is 0 Å². The zero-order valence-electron chi connectivity index (χ0n) is 36.2. The van der Waals surface area contributed by atoms with E-state index in [-0.39, 0.29) is 11.9 Å². The summed E-state index contributed by atoms with van der Waals surface area (Å²) in [5.41, 5.74) is 1.08. The van der Waals surface area contributed by atoms with Crippen LogP contribution in [0.1, 0.15) is 212 Å². The summed E-state index contributed by atoms with van der Waals surface area (Å²) in [6.45, 7) is 9.03. The van der Waals surface area contributed by atoms with Crippen LogP contribution in [0.4, 0.5) is 0 Å². The minimum Gasteiger partial charge on any atom is -0.466 e. The van der Waals surface area contributed by atoms with Crippen molar-refractivity contribution in [3.63, 3.8) is 0 Å². The molecule has 1 aromatic rings. The minimum atomic E-state index is -0.156. The van der Waals surface area contributed by atoms with Crippen LogP contribution < -0.4 is 0 Å². The van der Waals surface area contributed by atoms with Crippen molar-refractivity contribution in [1.29, 1.82) is 0 Å². The fraction of sp³-hybridized carbons (Fsp3) is 0.891. The standard InChI is InChI=1S/C46H88N4O4/c1-5-7-9-11-13-15-17-19-21-23-25-27-29-31-39-53-45(51)33-35-49(42-44-41-47-50(43-44)38-37-48(3)4)36-34-46(52)54-40-32-30-28-26-24-22-20-18-16-14-12-10-8-6-2/h41,43H,5-40,42H2,1-4H3. The number of ether oxygens (including phenoxy) is 2. The van der Waals surface area contributed by atoms with E-state index in [0.717, 1.165) is 44.3 Å². The van der Waals surface area contributed by atoms with E-state index in [1.807, 2.05) is 10.9 Å². The van der Waals surface area contributed by atoms with Gasteiger partial charge in [0.1, 0.15) is 0 Å². The Morgan fingerprint density at radius 3 is 1.24 bits per heavy atom. The van der Waals surface area contributed by atoms with Gasteiger partial charge >= 0.3 is 11.9 Å². The van der Waals surface area contributed by atoms with Gasteiger partial charge in [-0.2, -0.15) is 5.10 Å². The average molecular weight is 761 g/mol. The molecule has 0 atom stereocenters. The number of nitrogens with zero attached hydrogens (tertiary/aromatic N) is 4. The third-order valence-corrected chi connectivity index (χ3v) is 10.7. The van der Waals surface area contributed by atoms with Crippen LogP contribution in [0.5, 0.6) is 0 Å². The zero-order valence-corrected chi connectivity index (χ0v) is 36.2. The Morgan fingerprint density at radius 2 is 0.889 bits per heavy atom. The first-order valence-corrected chi connectivity index (χ1v) is 23.1. The Bertz CT molecular complexity index is 918. The molecular weight excluding hydrogens is 673 g/mol. The fourth-order valence-electron chi connectivity index (χ4n) is 7.05. The Hall–Kier alpha value is -1.93. The van der Waals surface area contributed by atoms with Crippen LogP contribution in [0.2, 0.25) is 0 Å². The molecule has 8 nitrogen and oxygen atoms in total. The number of likely N-dealkylation sites (N-methyl/N-ethyl adjacent to an activating group) is 1. The molecule has 8 heteroatoms. The van der Waals surface area contributed by atoms with Gasteiger partial charge in [-0.3, -0.25) is 19.2 Å². The number of esters is 2. The van der Waals surface area contributed by atoms with Gasteiger partial charge in [-0.25, -0.2) is 0 Å². The van der Waals surface area contributed by atoms with Crippen molar-refractivity contribution in [1.82, 2.24) is 19.6 Å². The molecule has 1 rings (SSSR count). The van der Waals surface area contributed by atoms with Crippen molar-refractivity contribution >= 4 is 11.9 Å². The van der Waals surface area contributed by atoms with E-state index < -0.39 is 0 Å². The molecule has 0 unspecified atom stereocenters. The number of rotatable bonds is 41. The lowest BCUT2D eigenvalue weighted by molar-refractivity contribution is -0.144. The quantitative estimate of drug-likeness (QED) is 0.0486. The summed E-state index contributed by atoms with van der Waals surface area (Å²) >= 11 is 0. The van der Waals surface area contributed by atoms with Gasteiger partial charge in [0.15, 0.2) is 0 Å². The molecule has 0 N–H and O–H groups in total. The summed E-state index contributed by atoms with van der Waals surface area (Å²) in [5.74, 6) is -0.312. The monoisotopic (exact) mass is 761 g/mol. The second-order valence-electron chi connectivity index (χ2n) is 16.3.